The largest absolute Gasteiger partial charge is 0.393 e. The zero-order valence-corrected chi connectivity index (χ0v) is 9.00. The lowest BCUT2D eigenvalue weighted by molar-refractivity contribution is -0.184. The highest BCUT2D eigenvalue weighted by Crippen LogP contribution is 2.33. The van der Waals surface area contributed by atoms with Crippen molar-refractivity contribution >= 4 is 5.91 Å². The summed E-state index contributed by atoms with van der Waals surface area (Å²) in [4.78, 5) is 13.1. The number of amides is 1. The van der Waals surface area contributed by atoms with Gasteiger partial charge in [-0.3, -0.25) is 9.89 Å². The lowest BCUT2D eigenvalue weighted by Gasteiger charge is -2.33. The van der Waals surface area contributed by atoms with Crippen LogP contribution in [0.5, 0.6) is 0 Å². The molecule has 1 aromatic heterocycles. The molecule has 1 atom stereocenters. The number of hydrogen-bond donors (Lipinski definition) is 1. The van der Waals surface area contributed by atoms with Crippen LogP contribution in [0.1, 0.15) is 23.3 Å². The SMILES string of the molecule is O=C(c1ccn[nH]1)N1CCCC(C(F)(F)F)C1. The van der Waals surface area contributed by atoms with E-state index >= 15 is 0 Å². The van der Waals surface area contributed by atoms with Crippen LogP contribution in [0.25, 0.3) is 0 Å². The summed E-state index contributed by atoms with van der Waals surface area (Å²) in [5, 5.41) is 6.08. The van der Waals surface area contributed by atoms with Crippen molar-refractivity contribution in [3.8, 4) is 0 Å². The number of hydrogen-bond acceptors (Lipinski definition) is 2. The van der Waals surface area contributed by atoms with Crippen LogP contribution >= 0.6 is 0 Å². The molecular formula is C10H12F3N3O. The summed E-state index contributed by atoms with van der Waals surface area (Å²) in [6.07, 6.45) is -2.36. The molecule has 17 heavy (non-hydrogen) atoms. The summed E-state index contributed by atoms with van der Waals surface area (Å²) in [5.74, 6) is -1.83. The first-order valence-corrected chi connectivity index (χ1v) is 5.34. The second-order valence-corrected chi connectivity index (χ2v) is 4.10. The summed E-state index contributed by atoms with van der Waals surface area (Å²) in [6, 6.07) is 1.46. The van der Waals surface area contributed by atoms with Crippen LogP contribution in [-0.2, 0) is 0 Å². The molecule has 1 saturated heterocycles. The number of carbonyl (C=O) groups excluding carboxylic acids is 1. The van der Waals surface area contributed by atoms with Crippen molar-refractivity contribution in [2.45, 2.75) is 19.0 Å². The summed E-state index contributed by atoms with van der Waals surface area (Å²) in [6.45, 7) is 0.103. The van der Waals surface area contributed by atoms with Crippen molar-refractivity contribution in [3.63, 3.8) is 0 Å². The fourth-order valence-corrected chi connectivity index (χ4v) is 1.97. The minimum Gasteiger partial charge on any atom is -0.337 e. The first-order valence-electron chi connectivity index (χ1n) is 5.34. The summed E-state index contributed by atoms with van der Waals surface area (Å²) < 4.78 is 37.7. The van der Waals surface area contributed by atoms with Crippen molar-refractivity contribution < 1.29 is 18.0 Å². The number of nitrogens with zero attached hydrogens (tertiary/aromatic N) is 2. The van der Waals surface area contributed by atoms with Gasteiger partial charge in [0.2, 0.25) is 0 Å². The van der Waals surface area contributed by atoms with E-state index in [1.807, 2.05) is 0 Å². The molecule has 2 rings (SSSR count). The molecule has 4 nitrogen and oxygen atoms in total. The van der Waals surface area contributed by atoms with Crippen LogP contribution in [0.3, 0.4) is 0 Å². The van der Waals surface area contributed by atoms with E-state index in [0.29, 0.717) is 13.0 Å². The van der Waals surface area contributed by atoms with Crippen LogP contribution < -0.4 is 0 Å². The van der Waals surface area contributed by atoms with E-state index in [0.717, 1.165) is 0 Å². The van der Waals surface area contributed by atoms with E-state index in [-0.39, 0.29) is 18.7 Å². The second-order valence-electron chi connectivity index (χ2n) is 4.10. The van der Waals surface area contributed by atoms with Gasteiger partial charge >= 0.3 is 6.18 Å². The highest BCUT2D eigenvalue weighted by Gasteiger charge is 2.42. The minimum atomic E-state index is -4.23. The third-order valence-electron chi connectivity index (χ3n) is 2.90. The van der Waals surface area contributed by atoms with Crippen molar-refractivity contribution in [3.05, 3.63) is 18.0 Å². The highest BCUT2D eigenvalue weighted by molar-refractivity contribution is 5.92. The van der Waals surface area contributed by atoms with Gasteiger partial charge in [-0.1, -0.05) is 0 Å². The third-order valence-corrected chi connectivity index (χ3v) is 2.90. The molecule has 0 bridgehead atoms. The number of H-pyrrole nitrogens is 1. The molecule has 0 spiro atoms. The third kappa shape index (κ3) is 2.59. The van der Waals surface area contributed by atoms with E-state index in [1.54, 1.807) is 0 Å². The summed E-state index contributed by atoms with van der Waals surface area (Å²) >= 11 is 0. The average Bonchev–Trinajstić information content (AvgIpc) is 2.80. The molecule has 0 aromatic carbocycles. The Morgan fingerprint density at radius 2 is 2.29 bits per heavy atom. The van der Waals surface area contributed by atoms with Gasteiger partial charge in [-0.05, 0) is 18.9 Å². The maximum absolute atomic E-state index is 12.6. The summed E-state index contributed by atoms with van der Waals surface area (Å²) in [5.41, 5.74) is 0.229. The van der Waals surface area contributed by atoms with Crippen molar-refractivity contribution in [2.75, 3.05) is 13.1 Å². The molecule has 0 saturated carbocycles. The topological polar surface area (TPSA) is 49.0 Å². The monoisotopic (exact) mass is 247 g/mol. The molecule has 1 N–H and O–H groups in total. The van der Waals surface area contributed by atoms with Crippen LogP contribution in [0.2, 0.25) is 0 Å². The van der Waals surface area contributed by atoms with Gasteiger partial charge in [0.15, 0.2) is 0 Å². The Bertz CT molecular complexity index is 388. The first kappa shape index (κ1) is 11.9. The second kappa shape index (κ2) is 4.38. The molecule has 2 heterocycles. The van der Waals surface area contributed by atoms with Gasteiger partial charge in [0.1, 0.15) is 5.69 Å². The highest BCUT2D eigenvalue weighted by atomic mass is 19.4. The number of rotatable bonds is 1. The standard InChI is InChI=1S/C10H12F3N3O/c11-10(12,13)7-2-1-5-16(6-7)9(17)8-3-4-14-15-8/h3-4,7H,1-2,5-6H2,(H,14,15). The Labute approximate surface area is 95.8 Å². The van der Waals surface area contributed by atoms with E-state index in [4.69, 9.17) is 0 Å². The van der Waals surface area contributed by atoms with Gasteiger partial charge in [-0.2, -0.15) is 18.3 Å². The predicted molar refractivity (Wildman–Crippen MR) is 53.3 cm³/mol. The van der Waals surface area contributed by atoms with Crippen LogP contribution in [0, 0.1) is 5.92 Å². The molecule has 0 aliphatic carbocycles. The zero-order chi connectivity index (χ0) is 12.5. The Morgan fingerprint density at radius 3 is 2.88 bits per heavy atom. The number of nitrogens with one attached hydrogen (secondary N) is 1. The lowest BCUT2D eigenvalue weighted by atomic mass is 9.97. The molecule has 1 fully saturated rings. The van der Waals surface area contributed by atoms with Gasteiger partial charge < -0.3 is 4.90 Å². The van der Waals surface area contributed by atoms with Crippen LogP contribution in [0.4, 0.5) is 13.2 Å². The number of alkyl halides is 3. The van der Waals surface area contributed by atoms with Crippen molar-refractivity contribution in [1.29, 1.82) is 0 Å². The number of carbonyl (C=O) groups is 1. The normalized spacial score (nSPS) is 21.6. The van der Waals surface area contributed by atoms with Gasteiger partial charge in [0.25, 0.3) is 5.91 Å². The minimum absolute atomic E-state index is 0.0935. The van der Waals surface area contributed by atoms with E-state index in [2.05, 4.69) is 10.2 Å². The van der Waals surface area contributed by atoms with E-state index < -0.39 is 18.0 Å². The molecule has 1 aliphatic heterocycles. The van der Waals surface area contributed by atoms with E-state index in [9.17, 15) is 18.0 Å². The Kier molecular flexibility index (Phi) is 3.08. The first-order chi connectivity index (χ1) is 7.98. The maximum atomic E-state index is 12.6. The van der Waals surface area contributed by atoms with Crippen LogP contribution in [-0.4, -0.2) is 40.3 Å². The number of aromatic amines is 1. The Hall–Kier alpha value is -1.53. The molecular weight excluding hydrogens is 235 g/mol. The van der Waals surface area contributed by atoms with Gasteiger partial charge in [-0.15, -0.1) is 0 Å². The molecule has 7 heteroatoms. The lowest BCUT2D eigenvalue weighted by Crippen LogP contribution is -2.44. The molecule has 0 radical (unpaired) electrons. The van der Waals surface area contributed by atoms with Gasteiger partial charge in [0, 0.05) is 19.3 Å². The number of piperidine rings is 1. The summed E-state index contributed by atoms with van der Waals surface area (Å²) in [7, 11) is 0. The molecule has 1 unspecified atom stereocenters. The smallest absolute Gasteiger partial charge is 0.337 e. The molecule has 94 valence electrons. The zero-order valence-electron chi connectivity index (χ0n) is 9.00. The number of halogens is 3. The van der Waals surface area contributed by atoms with Crippen molar-refractivity contribution in [1.82, 2.24) is 15.1 Å². The maximum Gasteiger partial charge on any atom is 0.393 e. The predicted octanol–water partition coefficient (Wildman–Crippen LogP) is 1.82. The Balaban J connectivity index is 2.05. The van der Waals surface area contributed by atoms with Gasteiger partial charge in [-0.25, -0.2) is 0 Å². The molecule has 1 aliphatic rings. The molecule has 1 amide bonds. The molecule has 1 aromatic rings. The average molecular weight is 247 g/mol. The fraction of sp³-hybridized carbons (Fsp3) is 0.600. The number of aromatic nitrogens is 2. The van der Waals surface area contributed by atoms with Crippen molar-refractivity contribution in [2.24, 2.45) is 5.92 Å². The van der Waals surface area contributed by atoms with E-state index in [1.165, 1.54) is 17.2 Å². The quantitative estimate of drug-likeness (QED) is 0.823. The number of likely N-dealkylation sites (tertiary alicyclic amines) is 1. The van der Waals surface area contributed by atoms with Gasteiger partial charge in [0.05, 0.1) is 5.92 Å². The fourth-order valence-electron chi connectivity index (χ4n) is 1.97. The van der Waals surface area contributed by atoms with Crippen LogP contribution in [0.15, 0.2) is 12.3 Å². The Morgan fingerprint density at radius 1 is 1.53 bits per heavy atom.